The molecule has 0 heterocycles. The Morgan fingerprint density at radius 3 is 0.716 bits per heavy atom. The van der Waals surface area contributed by atoms with Gasteiger partial charge in [-0.1, -0.05) is 376 Å². The van der Waals surface area contributed by atoms with E-state index in [1.807, 2.05) is 0 Å². The Morgan fingerprint density at radius 1 is 0.193 bits per heavy atom. The quantitative estimate of drug-likeness (QED) is 0.0356. The van der Waals surface area contributed by atoms with Gasteiger partial charge in [-0.2, -0.15) is 0 Å². The Kier molecular flexibility index (Phi) is 24.2. The molecule has 15 rings (SSSR count). The number of anilines is 6. The summed E-state index contributed by atoms with van der Waals surface area (Å²) in [7, 11) is 0. The van der Waals surface area contributed by atoms with E-state index in [1.165, 1.54) is 258 Å². The van der Waals surface area contributed by atoms with E-state index in [9.17, 15) is 0 Å². The average molecular weight is 1430 g/mol. The molecule has 0 saturated carbocycles. The maximum Gasteiger partial charge on any atom is 0.0714 e. The molecule has 0 N–H and O–H groups in total. The highest BCUT2D eigenvalue weighted by molar-refractivity contribution is 5.93. The number of benzene rings is 12. The van der Waals surface area contributed by atoms with E-state index in [2.05, 4.69) is 329 Å². The number of para-hydroxylation sites is 4. The van der Waals surface area contributed by atoms with Gasteiger partial charge in [0.1, 0.15) is 0 Å². The maximum atomic E-state index is 2.69. The van der Waals surface area contributed by atoms with Gasteiger partial charge in [0.15, 0.2) is 0 Å². The molecule has 3 aliphatic carbocycles. The molecule has 2 heteroatoms. The fraction of sp³-hybridized carbons (Fsp3) is 0.327. The van der Waals surface area contributed by atoms with Gasteiger partial charge in [0.2, 0.25) is 0 Å². The van der Waals surface area contributed by atoms with Crippen molar-refractivity contribution in [2.75, 3.05) is 9.80 Å². The molecule has 0 unspecified atom stereocenters. The zero-order valence-electron chi connectivity index (χ0n) is 65.9. The molecule has 554 valence electrons. The van der Waals surface area contributed by atoms with Crippen LogP contribution in [0.5, 0.6) is 0 Å². The van der Waals surface area contributed by atoms with E-state index >= 15 is 0 Å². The molecule has 2 nitrogen and oxygen atoms in total. The van der Waals surface area contributed by atoms with Crippen molar-refractivity contribution >= 4 is 34.1 Å². The maximum absolute atomic E-state index is 2.69. The zero-order valence-corrected chi connectivity index (χ0v) is 65.9. The van der Waals surface area contributed by atoms with E-state index in [-0.39, 0.29) is 10.8 Å². The van der Waals surface area contributed by atoms with Gasteiger partial charge in [-0.3, -0.25) is 0 Å². The molecule has 0 aromatic heterocycles. The van der Waals surface area contributed by atoms with Crippen LogP contribution >= 0.6 is 0 Å². The first-order valence-electron chi connectivity index (χ1n) is 42.7. The topological polar surface area (TPSA) is 6.48 Å². The van der Waals surface area contributed by atoms with Crippen molar-refractivity contribution in [2.45, 2.75) is 224 Å². The van der Waals surface area contributed by atoms with Crippen LogP contribution < -0.4 is 9.80 Å². The summed E-state index contributed by atoms with van der Waals surface area (Å²) in [4.78, 5) is 4.83. The predicted octanol–water partition coefficient (Wildman–Crippen LogP) is 31.9. The van der Waals surface area contributed by atoms with Gasteiger partial charge in [-0.25, -0.2) is 0 Å². The van der Waals surface area contributed by atoms with Crippen molar-refractivity contribution in [3.8, 4) is 55.6 Å². The van der Waals surface area contributed by atoms with Gasteiger partial charge < -0.3 is 9.80 Å². The molecular weight excluding hydrogens is 1310 g/mol. The molecule has 0 atom stereocenters. The van der Waals surface area contributed by atoms with Crippen molar-refractivity contribution in [1.82, 2.24) is 0 Å². The first-order chi connectivity index (χ1) is 53.9. The van der Waals surface area contributed by atoms with E-state index < -0.39 is 5.41 Å². The minimum Gasteiger partial charge on any atom is -0.311 e. The second-order valence-electron chi connectivity index (χ2n) is 32.2. The summed E-state index contributed by atoms with van der Waals surface area (Å²) in [6.45, 7) is 9.37. The molecule has 0 saturated heterocycles. The first-order valence-corrected chi connectivity index (χ1v) is 42.7. The molecule has 12 aromatic carbocycles. The fourth-order valence-corrected chi connectivity index (χ4v) is 19.8. The standard InChI is InChI=1S/C107H116N2/c1-5-9-13-17-21-41-73-105(74-42-22-18-14-10-6-2)99-55-39-37-53-93(99)95-69-57-81(77-101(95)105)83-59-71-97-98-72-60-84(82-58-70-96-94-54-38-40-56-100(94)106(102(96)78-82,75-43-23-19-15-11-7-3)76-44-24-20-16-12-8-4)80-104(98)107(103(97)79-83,85-61-65-91(66-62-85)108(87-45-29-25-30-46-87)88-47-31-26-32-48-88)86-63-67-92(68-64-86)109(89-49-33-27-34-50-89)90-51-35-28-36-52-90/h25-40,45-72,77-80H,5-24,41-44,73-76H2,1-4H3. The van der Waals surface area contributed by atoms with Crippen LogP contribution in [-0.2, 0) is 16.2 Å². The van der Waals surface area contributed by atoms with Crippen LogP contribution in [0.2, 0.25) is 0 Å². The van der Waals surface area contributed by atoms with Crippen LogP contribution in [0.1, 0.15) is 252 Å². The lowest BCUT2D eigenvalue weighted by molar-refractivity contribution is 0.398. The van der Waals surface area contributed by atoms with Crippen LogP contribution in [0.25, 0.3) is 55.6 Å². The minimum atomic E-state index is -0.777. The minimum absolute atomic E-state index is 0.0443. The highest BCUT2D eigenvalue weighted by Crippen LogP contribution is 2.61. The van der Waals surface area contributed by atoms with Crippen LogP contribution in [0.15, 0.2) is 291 Å². The summed E-state index contributed by atoms with van der Waals surface area (Å²) in [5, 5.41) is 0. The SMILES string of the molecule is CCCCCCCCC1(CCCCCCCC)c2ccccc2-c2ccc(-c3ccc4c(c3)C(c3ccc(N(c5ccccc5)c5ccccc5)cc3)(c3ccc(N(c5ccccc5)c5ccccc5)cc3)c3cc(-c5ccc6c(c5)C(CCCCCCCC)(CCCCCCCC)c5ccccc5-6)ccc3-4)cc21. The van der Waals surface area contributed by atoms with Crippen LogP contribution in [0, 0.1) is 0 Å². The molecule has 0 spiro atoms. The lowest BCUT2D eigenvalue weighted by Gasteiger charge is -2.36. The van der Waals surface area contributed by atoms with Gasteiger partial charge in [-0.15, -0.1) is 0 Å². The van der Waals surface area contributed by atoms with E-state index in [1.54, 1.807) is 22.3 Å². The lowest BCUT2D eigenvalue weighted by atomic mass is 9.67. The molecule has 12 aromatic rings. The number of fused-ring (bicyclic) bond motifs is 9. The van der Waals surface area contributed by atoms with Crippen molar-refractivity contribution in [2.24, 2.45) is 0 Å². The Hall–Kier alpha value is -9.76. The molecule has 3 aliphatic rings. The summed E-state index contributed by atoms with van der Waals surface area (Å²) in [5.41, 5.74) is 30.6. The van der Waals surface area contributed by atoms with E-state index in [4.69, 9.17) is 0 Å². The van der Waals surface area contributed by atoms with Crippen molar-refractivity contribution in [3.63, 3.8) is 0 Å². The zero-order chi connectivity index (χ0) is 74.3. The predicted molar refractivity (Wildman–Crippen MR) is 468 cm³/mol. The largest absolute Gasteiger partial charge is 0.311 e. The van der Waals surface area contributed by atoms with Crippen LogP contribution in [-0.4, -0.2) is 0 Å². The lowest BCUT2D eigenvalue weighted by Crippen LogP contribution is -2.29. The van der Waals surface area contributed by atoms with Crippen LogP contribution in [0.4, 0.5) is 34.1 Å². The molecule has 109 heavy (non-hydrogen) atoms. The molecular formula is C107H116N2. The highest BCUT2D eigenvalue weighted by atomic mass is 15.1. The van der Waals surface area contributed by atoms with Gasteiger partial charge in [0.25, 0.3) is 0 Å². The number of hydrogen-bond acceptors (Lipinski definition) is 2. The van der Waals surface area contributed by atoms with Gasteiger partial charge in [-0.05, 0) is 223 Å². The highest BCUT2D eigenvalue weighted by Gasteiger charge is 2.48. The Balaban J connectivity index is 0.932. The van der Waals surface area contributed by atoms with Gasteiger partial charge in [0.05, 0.1) is 5.41 Å². The van der Waals surface area contributed by atoms with Crippen molar-refractivity contribution in [1.29, 1.82) is 0 Å². The smallest absolute Gasteiger partial charge is 0.0714 e. The number of unbranched alkanes of at least 4 members (excludes halogenated alkanes) is 20. The second kappa shape index (κ2) is 35.3. The Morgan fingerprint density at radius 2 is 0.422 bits per heavy atom. The monoisotopic (exact) mass is 1430 g/mol. The summed E-state index contributed by atoms with van der Waals surface area (Å²) in [5.74, 6) is 0. The van der Waals surface area contributed by atoms with Gasteiger partial charge >= 0.3 is 0 Å². The third-order valence-electron chi connectivity index (χ3n) is 25.3. The van der Waals surface area contributed by atoms with E-state index in [0.717, 1.165) is 34.1 Å². The molecule has 0 radical (unpaired) electrons. The molecule has 0 aliphatic heterocycles. The Labute approximate surface area is 654 Å². The summed E-state index contributed by atoms with van der Waals surface area (Å²) in [6, 6.07) is 113. The number of nitrogens with zero attached hydrogens (tertiary/aromatic N) is 2. The molecule has 0 fully saturated rings. The first kappa shape index (κ1) is 74.7. The molecule has 0 bridgehead atoms. The molecule has 0 amide bonds. The van der Waals surface area contributed by atoms with Crippen molar-refractivity contribution in [3.05, 3.63) is 336 Å². The number of hydrogen-bond donors (Lipinski definition) is 0. The third-order valence-corrected chi connectivity index (χ3v) is 25.3. The fourth-order valence-electron chi connectivity index (χ4n) is 19.8. The summed E-state index contributed by atoms with van der Waals surface area (Å²) >= 11 is 0. The normalized spacial score (nSPS) is 13.7. The average Bonchev–Trinajstić information content (AvgIpc) is 1.54. The van der Waals surface area contributed by atoms with E-state index in [0.29, 0.717) is 0 Å². The summed E-state index contributed by atoms with van der Waals surface area (Å²) < 4.78 is 0. The third kappa shape index (κ3) is 15.3. The Bertz CT molecular complexity index is 4490. The summed E-state index contributed by atoms with van der Waals surface area (Å²) in [6.07, 6.45) is 35.9. The number of rotatable bonds is 38. The van der Waals surface area contributed by atoms with Crippen molar-refractivity contribution < 1.29 is 0 Å². The second-order valence-corrected chi connectivity index (χ2v) is 32.2. The van der Waals surface area contributed by atoms with Gasteiger partial charge in [0, 0.05) is 45.0 Å². The van der Waals surface area contributed by atoms with Crippen LogP contribution in [0.3, 0.4) is 0 Å².